The molecule has 0 spiro atoms. The molecule has 11 heteroatoms. The van der Waals surface area contributed by atoms with Gasteiger partial charge in [0.1, 0.15) is 11.1 Å². The summed E-state index contributed by atoms with van der Waals surface area (Å²) in [6, 6.07) is 0.352. The highest BCUT2D eigenvalue weighted by atomic mass is 35.5. The Balaban J connectivity index is 1.75. The van der Waals surface area contributed by atoms with E-state index in [9.17, 15) is 13.6 Å². The Morgan fingerprint density at radius 1 is 1.43 bits per heavy atom. The number of rotatable bonds is 3. The number of ether oxygens (including phenoxy) is 2. The van der Waals surface area contributed by atoms with Crippen LogP contribution in [0.5, 0.6) is 5.88 Å². The maximum Gasteiger partial charge on any atom is 0.410 e. The third-order valence-corrected chi connectivity index (χ3v) is 4.48. The van der Waals surface area contributed by atoms with Crippen LogP contribution >= 0.6 is 11.6 Å². The van der Waals surface area contributed by atoms with Crippen molar-refractivity contribution in [1.29, 1.82) is 0 Å². The first kappa shape index (κ1) is 20.4. The Kier molecular flexibility index (Phi) is 5.26. The number of alkyl halides is 2. The molecule has 3 rings (SSSR count). The second kappa shape index (κ2) is 7.23. The summed E-state index contributed by atoms with van der Waals surface area (Å²) in [6.45, 7) is 4.42. The molecular weight excluding hydrogens is 396 g/mol. The van der Waals surface area contributed by atoms with E-state index in [1.807, 2.05) is 0 Å². The molecule has 2 aromatic rings. The summed E-state index contributed by atoms with van der Waals surface area (Å²) in [7, 11) is 1.41. The average Bonchev–Trinajstić information content (AvgIpc) is 2.95. The molecular formula is C17H22ClF2N5O3. The van der Waals surface area contributed by atoms with Crippen molar-refractivity contribution in [2.24, 2.45) is 0 Å². The first-order valence-corrected chi connectivity index (χ1v) is 9.09. The molecule has 1 amide bonds. The summed E-state index contributed by atoms with van der Waals surface area (Å²) in [4.78, 5) is 17.2. The molecule has 0 radical (unpaired) electrons. The van der Waals surface area contributed by atoms with Gasteiger partial charge in [0.2, 0.25) is 11.8 Å². The number of amides is 1. The van der Waals surface area contributed by atoms with Crippen molar-refractivity contribution in [3.63, 3.8) is 0 Å². The van der Waals surface area contributed by atoms with Crippen LogP contribution in [0.4, 0.5) is 19.5 Å². The van der Waals surface area contributed by atoms with Crippen molar-refractivity contribution >= 4 is 29.2 Å². The van der Waals surface area contributed by atoms with E-state index in [0.717, 1.165) is 4.90 Å². The number of fused-ring (bicyclic) bond motifs is 1. The fourth-order valence-corrected chi connectivity index (χ4v) is 3.14. The number of piperidine rings is 1. The van der Waals surface area contributed by atoms with E-state index in [0.29, 0.717) is 10.5 Å². The quantitative estimate of drug-likeness (QED) is 0.823. The summed E-state index contributed by atoms with van der Waals surface area (Å²) in [5.41, 5.74) is -0.305. The summed E-state index contributed by atoms with van der Waals surface area (Å²) in [5.74, 6) is -3.05. The number of hydrogen-bond donors (Lipinski definition) is 1. The highest BCUT2D eigenvalue weighted by Gasteiger charge is 2.47. The molecule has 1 atom stereocenters. The Morgan fingerprint density at radius 2 is 2.14 bits per heavy atom. The van der Waals surface area contributed by atoms with Gasteiger partial charge in [-0.3, -0.25) is 0 Å². The minimum atomic E-state index is -3.20. The largest absolute Gasteiger partial charge is 0.479 e. The predicted molar refractivity (Wildman–Crippen MR) is 99.3 cm³/mol. The first-order valence-electron chi connectivity index (χ1n) is 8.71. The summed E-state index contributed by atoms with van der Waals surface area (Å²) in [6.07, 6.45) is 0.825. The van der Waals surface area contributed by atoms with Crippen LogP contribution in [0.1, 0.15) is 27.2 Å². The van der Waals surface area contributed by atoms with E-state index >= 15 is 0 Å². The van der Waals surface area contributed by atoms with Gasteiger partial charge in [0, 0.05) is 12.7 Å². The molecule has 28 heavy (non-hydrogen) atoms. The van der Waals surface area contributed by atoms with Crippen LogP contribution < -0.4 is 10.1 Å². The van der Waals surface area contributed by atoms with Gasteiger partial charge in [-0.05, 0) is 33.3 Å². The second-order valence-electron chi connectivity index (χ2n) is 7.55. The standard InChI is InChI=1S/C17H22ClF2N5O3/c1-16(2,3)28-15(26)24-7-6-11(17(19,20)9-24)21-14-22-13(27-4)12-10(18)5-8-25(12)23-14/h5,8,11H,6-7,9H2,1-4H3,(H,21,23)/t11-/m1/s1. The third kappa shape index (κ3) is 4.21. The van der Waals surface area contributed by atoms with Crippen LogP contribution in [0.2, 0.25) is 5.02 Å². The lowest BCUT2D eigenvalue weighted by atomic mass is 10.0. The van der Waals surface area contributed by atoms with Crippen LogP contribution in [-0.4, -0.2) is 63.4 Å². The summed E-state index contributed by atoms with van der Waals surface area (Å²) < 4.78 is 41.1. The van der Waals surface area contributed by atoms with Gasteiger partial charge in [-0.25, -0.2) is 18.1 Å². The minimum absolute atomic E-state index is 0.00237. The van der Waals surface area contributed by atoms with Gasteiger partial charge in [-0.2, -0.15) is 4.98 Å². The van der Waals surface area contributed by atoms with Crippen LogP contribution in [-0.2, 0) is 4.74 Å². The number of methoxy groups -OCH3 is 1. The van der Waals surface area contributed by atoms with Gasteiger partial charge in [0.25, 0.3) is 5.92 Å². The van der Waals surface area contributed by atoms with Gasteiger partial charge in [0.15, 0.2) is 0 Å². The van der Waals surface area contributed by atoms with E-state index in [-0.39, 0.29) is 24.8 Å². The average molecular weight is 418 g/mol. The van der Waals surface area contributed by atoms with E-state index in [2.05, 4.69) is 15.4 Å². The SMILES string of the molecule is COc1nc(N[C@@H]2CCN(C(=O)OC(C)(C)C)CC2(F)F)nn2ccc(Cl)c12. The number of nitrogens with one attached hydrogen (secondary N) is 1. The molecule has 1 aliphatic rings. The van der Waals surface area contributed by atoms with E-state index in [1.54, 1.807) is 33.0 Å². The monoisotopic (exact) mass is 417 g/mol. The molecule has 8 nitrogen and oxygen atoms in total. The smallest absolute Gasteiger partial charge is 0.410 e. The Labute approximate surface area is 165 Å². The Hall–Kier alpha value is -2.36. The number of carbonyl (C=O) groups excluding carboxylic acids is 1. The Morgan fingerprint density at radius 3 is 2.75 bits per heavy atom. The van der Waals surface area contributed by atoms with Crippen LogP contribution in [0.25, 0.3) is 5.52 Å². The lowest BCUT2D eigenvalue weighted by Gasteiger charge is -2.38. The van der Waals surface area contributed by atoms with E-state index in [4.69, 9.17) is 21.1 Å². The zero-order chi connectivity index (χ0) is 20.7. The minimum Gasteiger partial charge on any atom is -0.479 e. The van der Waals surface area contributed by atoms with Crippen LogP contribution in [0.3, 0.4) is 0 Å². The highest BCUT2D eigenvalue weighted by molar-refractivity contribution is 6.34. The number of anilines is 1. The lowest BCUT2D eigenvalue weighted by molar-refractivity contribution is -0.0771. The van der Waals surface area contributed by atoms with E-state index < -0.39 is 30.2 Å². The van der Waals surface area contributed by atoms with Gasteiger partial charge >= 0.3 is 6.09 Å². The fourth-order valence-electron chi connectivity index (χ4n) is 2.92. The highest BCUT2D eigenvalue weighted by Crippen LogP contribution is 2.32. The first-order chi connectivity index (χ1) is 13.0. The summed E-state index contributed by atoms with van der Waals surface area (Å²) in [5, 5.41) is 7.21. The lowest BCUT2D eigenvalue weighted by Crippen LogP contribution is -2.56. The topological polar surface area (TPSA) is 81.0 Å². The molecule has 0 saturated carbocycles. The second-order valence-corrected chi connectivity index (χ2v) is 7.96. The van der Waals surface area contributed by atoms with Gasteiger partial charge in [0.05, 0.1) is 24.7 Å². The summed E-state index contributed by atoms with van der Waals surface area (Å²) >= 11 is 6.07. The molecule has 154 valence electrons. The molecule has 2 aromatic heterocycles. The Bertz CT molecular complexity index is 884. The molecule has 0 unspecified atom stereocenters. The maximum absolute atomic E-state index is 14.7. The van der Waals surface area contributed by atoms with E-state index in [1.165, 1.54) is 11.6 Å². The number of halogens is 3. The fraction of sp³-hybridized carbons (Fsp3) is 0.588. The zero-order valence-corrected chi connectivity index (χ0v) is 16.8. The van der Waals surface area contributed by atoms with Gasteiger partial charge in [-0.15, -0.1) is 5.10 Å². The molecule has 1 fully saturated rings. The van der Waals surface area contributed by atoms with Crippen LogP contribution in [0.15, 0.2) is 12.3 Å². The van der Waals surface area contributed by atoms with Gasteiger partial charge < -0.3 is 19.7 Å². The predicted octanol–water partition coefficient (Wildman–Crippen LogP) is 3.45. The molecule has 0 aliphatic carbocycles. The third-order valence-electron chi connectivity index (χ3n) is 4.18. The maximum atomic E-state index is 14.7. The molecule has 1 aliphatic heterocycles. The normalized spacial score (nSPS) is 19.5. The number of hydrogen-bond acceptors (Lipinski definition) is 6. The number of carbonyl (C=O) groups is 1. The van der Waals surface area contributed by atoms with Crippen molar-refractivity contribution in [2.75, 3.05) is 25.5 Å². The van der Waals surface area contributed by atoms with Gasteiger partial charge in [-0.1, -0.05) is 11.6 Å². The van der Waals surface area contributed by atoms with Crippen molar-refractivity contribution in [3.05, 3.63) is 17.3 Å². The molecule has 1 N–H and O–H groups in total. The number of likely N-dealkylation sites (tertiary alicyclic amines) is 1. The zero-order valence-electron chi connectivity index (χ0n) is 16.0. The number of nitrogens with zero attached hydrogens (tertiary/aromatic N) is 4. The van der Waals surface area contributed by atoms with Crippen LogP contribution in [0, 0.1) is 0 Å². The van der Waals surface area contributed by atoms with Crippen molar-refractivity contribution in [2.45, 2.75) is 44.8 Å². The molecule has 1 saturated heterocycles. The molecule has 0 bridgehead atoms. The van der Waals surface area contributed by atoms with Crippen molar-refractivity contribution in [3.8, 4) is 5.88 Å². The van der Waals surface area contributed by atoms with Crippen molar-refractivity contribution in [1.82, 2.24) is 19.5 Å². The molecule has 3 heterocycles. The molecule has 0 aromatic carbocycles. The number of aromatic nitrogens is 3. The van der Waals surface area contributed by atoms with Crippen molar-refractivity contribution < 1.29 is 23.0 Å².